The molecule has 22 heavy (non-hydrogen) atoms. The highest BCUT2D eigenvalue weighted by atomic mass is 32.1. The molecule has 2 aromatic rings. The fourth-order valence-electron chi connectivity index (χ4n) is 1.99. The highest BCUT2D eigenvalue weighted by molar-refractivity contribution is 7.80. The summed E-state index contributed by atoms with van der Waals surface area (Å²) >= 11 is 4.84. The zero-order valence-corrected chi connectivity index (χ0v) is 11.9. The van der Waals surface area contributed by atoms with Crippen LogP contribution >= 0.6 is 12.2 Å². The monoisotopic (exact) mass is 314 g/mol. The molecule has 2 heterocycles. The molecular weight excluding hydrogens is 304 g/mol. The third-order valence-corrected chi connectivity index (χ3v) is 3.25. The maximum atomic E-state index is 11.5. The second kappa shape index (κ2) is 5.45. The molecular formula is C15H10N2O4S. The summed E-state index contributed by atoms with van der Waals surface area (Å²) in [5.74, 6) is -0.233. The number of hydrogen-bond acceptors (Lipinski definition) is 4. The summed E-state index contributed by atoms with van der Waals surface area (Å²) in [5, 5.41) is 14.3. The lowest BCUT2D eigenvalue weighted by Crippen LogP contribution is -2.21. The molecule has 3 N–H and O–H groups in total. The van der Waals surface area contributed by atoms with E-state index in [2.05, 4.69) is 10.6 Å². The number of furan rings is 1. The Balaban J connectivity index is 1.85. The summed E-state index contributed by atoms with van der Waals surface area (Å²) in [6.45, 7) is 0. The minimum atomic E-state index is -0.981. The van der Waals surface area contributed by atoms with E-state index in [1.807, 2.05) is 0 Å². The summed E-state index contributed by atoms with van der Waals surface area (Å²) in [5.41, 5.74) is 1.26. The molecule has 6 nitrogen and oxygen atoms in total. The van der Waals surface area contributed by atoms with E-state index < -0.39 is 5.97 Å². The van der Waals surface area contributed by atoms with Crippen LogP contribution in [-0.2, 0) is 4.79 Å². The molecule has 7 heteroatoms. The number of hydrogen-bond donors (Lipinski definition) is 3. The molecule has 0 aliphatic carbocycles. The average molecular weight is 314 g/mol. The number of nitrogens with one attached hydrogen (secondary N) is 2. The first-order valence-corrected chi connectivity index (χ1v) is 6.71. The van der Waals surface area contributed by atoms with Gasteiger partial charge in [-0.05, 0) is 36.5 Å². The van der Waals surface area contributed by atoms with Crippen LogP contribution in [0.3, 0.4) is 0 Å². The minimum Gasteiger partial charge on any atom is -0.478 e. The van der Waals surface area contributed by atoms with Gasteiger partial charge in [-0.25, -0.2) is 4.79 Å². The van der Waals surface area contributed by atoms with Crippen LogP contribution in [0.2, 0.25) is 0 Å². The SMILES string of the molecule is O=C1NC(=S)N/C1=C/c1ccc(-c2ccc(C(=O)O)cc2)o1. The molecule has 0 unspecified atom stereocenters. The minimum absolute atomic E-state index is 0.206. The summed E-state index contributed by atoms with van der Waals surface area (Å²) in [4.78, 5) is 22.4. The van der Waals surface area contributed by atoms with E-state index in [0.29, 0.717) is 17.2 Å². The Morgan fingerprint density at radius 2 is 1.86 bits per heavy atom. The van der Waals surface area contributed by atoms with E-state index in [1.165, 1.54) is 12.1 Å². The van der Waals surface area contributed by atoms with Gasteiger partial charge in [0.1, 0.15) is 17.2 Å². The third-order valence-electron chi connectivity index (χ3n) is 3.05. The van der Waals surface area contributed by atoms with Gasteiger partial charge in [0, 0.05) is 11.6 Å². The largest absolute Gasteiger partial charge is 0.478 e. The summed E-state index contributed by atoms with van der Waals surface area (Å²) in [6.07, 6.45) is 1.55. The van der Waals surface area contributed by atoms with Crippen molar-refractivity contribution in [2.75, 3.05) is 0 Å². The Labute approximate surface area is 130 Å². The Morgan fingerprint density at radius 1 is 1.14 bits per heavy atom. The third kappa shape index (κ3) is 2.75. The van der Waals surface area contributed by atoms with Crippen molar-refractivity contribution in [3.63, 3.8) is 0 Å². The first kappa shape index (κ1) is 14.0. The van der Waals surface area contributed by atoms with E-state index >= 15 is 0 Å². The van der Waals surface area contributed by atoms with Gasteiger partial charge in [0.15, 0.2) is 5.11 Å². The number of amides is 1. The summed E-state index contributed by atoms with van der Waals surface area (Å²) in [7, 11) is 0. The Kier molecular flexibility index (Phi) is 3.48. The Morgan fingerprint density at radius 3 is 2.45 bits per heavy atom. The second-order valence-electron chi connectivity index (χ2n) is 4.55. The zero-order chi connectivity index (χ0) is 15.7. The van der Waals surface area contributed by atoms with Crippen LogP contribution < -0.4 is 10.6 Å². The standard InChI is InChI=1S/C15H10N2O4S/c18-13-11(16-15(22)17-13)7-10-5-6-12(21-10)8-1-3-9(4-2-8)14(19)20/h1-7H,(H,19,20)(H2,16,17,18,22)/b11-7+. The number of carbonyl (C=O) groups is 2. The van der Waals surface area contributed by atoms with Crippen molar-refractivity contribution < 1.29 is 19.1 Å². The van der Waals surface area contributed by atoms with Crippen LogP contribution in [-0.4, -0.2) is 22.1 Å². The summed E-state index contributed by atoms with van der Waals surface area (Å²) < 4.78 is 5.63. The van der Waals surface area contributed by atoms with Crippen molar-refractivity contribution in [3.8, 4) is 11.3 Å². The van der Waals surface area contributed by atoms with E-state index in [1.54, 1.807) is 30.3 Å². The average Bonchev–Trinajstić information content (AvgIpc) is 3.06. The second-order valence-corrected chi connectivity index (χ2v) is 4.96. The molecule has 1 amide bonds. The predicted octanol–water partition coefficient (Wildman–Crippen LogP) is 1.99. The quantitative estimate of drug-likeness (QED) is 0.593. The van der Waals surface area contributed by atoms with Crippen LogP contribution in [0.25, 0.3) is 17.4 Å². The topological polar surface area (TPSA) is 91.6 Å². The maximum Gasteiger partial charge on any atom is 0.335 e. The molecule has 1 saturated heterocycles. The number of carboxylic acid groups (broad SMARTS) is 1. The maximum absolute atomic E-state index is 11.5. The van der Waals surface area contributed by atoms with E-state index in [4.69, 9.17) is 21.7 Å². The molecule has 1 aromatic carbocycles. The van der Waals surface area contributed by atoms with Crippen molar-refractivity contribution in [2.24, 2.45) is 0 Å². The molecule has 0 radical (unpaired) electrons. The molecule has 0 spiro atoms. The van der Waals surface area contributed by atoms with Gasteiger partial charge in [0.25, 0.3) is 5.91 Å². The molecule has 0 atom stereocenters. The van der Waals surface area contributed by atoms with Crippen LogP contribution in [0, 0.1) is 0 Å². The van der Waals surface area contributed by atoms with Crippen molar-refractivity contribution in [3.05, 3.63) is 53.4 Å². The van der Waals surface area contributed by atoms with Gasteiger partial charge in [0.2, 0.25) is 0 Å². The fraction of sp³-hybridized carbons (Fsp3) is 0. The van der Waals surface area contributed by atoms with E-state index in [0.717, 1.165) is 5.56 Å². The van der Waals surface area contributed by atoms with Crippen LogP contribution in [0.15, 0.2) is 46.5 Å². The summed E-state index contributed by atoms with van der Waals surface area (Å²) in [6, 6.07) is 9.78. The van der Waals surface area contributed by atoms with Gasteiger partial charge in [-0.1, -0.05) is 12.1 Å². The number of carbonyl (C=O) groups excluding carboxylic acids is 1. The number of thiocarbonyl (C=S) groups is 1. The number of rotatable bonds is 3. The van der Waals surface area contributed by atoms with Gasteiger partial charge in [-0.3, -0.25) is 10.1 Å². The van der Waals surface area contributed by atoms with Gasteiger partial charge in [-0.15, -0.1) is 0 Å². The van der Waals surface area contributed by atoms with E-state index in [9.17, 15) is 9.59 Å². The molecule has 1 aromatic heterocycles. The van der Waals surface area contributed by atoms with Gasteiger partial charge < -0.3 is 14.8 Å². The fourth-order valence-corrected chi connectivity index (χ4v) is 2.19. The van der Waals surface area contributed by atoms with Gasteiger partial charge in [0.05, 0.1) is 5.56 Å². The van der Waals surface area contributed by atoms with Crippen LogP contribution in [0.5, 0.6) is 0 Å². The molecule has 110 valence electrons. The molecule has 1 aliphatic heterocycles. The molecule has 1 fully saturated rings. The van der Waals surface area contributed by atoms with Crippen molar-refractivity contribution >= 4 is 35.3 Å². The van der Waals surface area contributed by atoms with Gasteiger partial charge >= 0.3 is 5.97 Å². The molecule has 1 aliphatic rings. The highest BCUT2D eigenvalue weighted by Gasteiger charge is 2.20. The normalized spacial score (nSPS) is 15.7. The Bertz CT molecular complexity index is 805. The smallest absolute Gasteiger partial charge is 0.335 e. The van der Waals surface area contributed by atoms with Crippen LogP contribution in [0.4, 0.5) is 0 Å². The van der Waals surface area contributed by atoms with Crippen molar-refractivity contribution in [1.82, 2.24) is 10.6 Å². The molecule has 0 bridgehead atoms. The van der Waals surface area contributed by atoms with Crippen LogP contribution in [0.1, 0.15) is 16.1 Å². The first-order chi connectivity index (χ1) is 10.5. The lowest BCUT2D eigenvalue weighted by molar-refractivity contribution is -0.115. The van der Waals surface area contributed by atoms with Crippen molar-refractivity contribution in [2.45, 2.75) is 0 Å². The first-order valence-electron chi connectivity index (χ1n) is 6.30. The lowest BCUT2D eigenvalue weighted by Gasteiger charge is -1.98. The van der Waals surface area contributed by atoms with Gasteiger partial charge in [-0.2, -0.15) is 0 Å². The Hall–Kier alpha value is -2.93. The van der Waals surface area contributed by atoms with E-state index in [-0.39, 0.29) is 16.6 Å². The molecule has 0 saturated carbocycles. The number of carboxylic acids is 1. The predicted molar refractivity (Wildman–Crippen MR) is 83.0 cm³/mol. The zero-order valence-electron chi connectivity index (χ0n) is 11.1. The lowest BCUT2D eigenvalue weighted by atomic mass is 10.1. The van der Waals surface area contributed by atoms with Crippen molar-refractivity contribution in [1.29, 1.82) is 0 Å². The number of benzene rings is 1. The molecule has 3 rings (SSSR count). The number of aromatic carboxylic acids is 1. The highest BCUT2D eigenvalue weighted by Crippen LogP contribution is 2.24.